The smallest absolute Gasteiger partial charge is 0.397 e. The second-order valence-corrected chi connectivity index (χ2v) is 16.9. The van der Waals surface area contributed by atoms with Crippen molar-refractivity contribution in [3.8, 4) is 0 Å². The largest absolute Gasteiger partial charge is 0.452 e. The van der Waals surface area contributed by atoms with Crippen LogP contribution in [0.3, 0.4) is 0 Å². The molecule has 16 nitrogen and oxygen atoms in total. The number of carbonyl (C=O) groups is 2. The van der Waals surface area contributed by atoms with Crippen molar-refractivity contribution >= 4 is 32.7 Å². The summed E-state index contributed by atoms with van der Waals surface area (Å²) >= 11 is 0. The number of benzene rings is 1. The van der Waals surface area contributed by atoms with Gasteiger partial charge in [0.2, 0.25) is 5.91 Å². The molecule has 0 bridgehead atoms. The lowest BCUT2D eigenvalue weighted by Gasteiger charge is -2.41. The molecule has 18 heteroatoms. The highest BCUT2D eigenvalue weighted by Gasteiger charge is 2.48. The van der Waals surface area contributed by atoms with Crippen molar-refractivity contribution in [2.24, 2.45) is 0 Å². The maximum atomic E-state index is 13.4. The third-order valence-electron chi connectivity index (χ3n) is 9.75. The summed E-state index contributed by atoms with van der Waals surface area (Å²) < 4.78 is 90.5. The number of hydrogen-bond acceptors (Lipinski definition) is 13. The molecular formula is C40H67NO15S2. The van der Waals surface area contributed by atoms with Gasteiger partial charge < -0.3 is 29.7 Å². The minimum Gasteiger partial charge on any atom is -0.452 e. The number of aliphatic hydroxyl groups excluding tert-OH is 2. The average Bonchev–Trinajstić information content (AvgIpc) is 3.17. The summed E-state index contributed by atoms with van der Waals surface area (Å²) in [6.45, 7) is 2.70. The van der Waals surface area contributed by atoms with E-state index in [-0.39, 0.29) is 17.9 Å². The van der Waals surface area contributed by atoms with Crippen molar-refractivity contribution in [2.45, 2.75) is 179 Å². The van der Waals surface area contributed by atoms with Crippen LogP contribution in [0.5, 0.6) is 0 Å². The van der Waals surface area contributed by atoms with E-state index in [1.807, 2.05) is 6.08 Å². The fourth-order valence-electron chi connectivity index (χ4n) is 6.51. The van der Waals surface area contributed by atoms with Gasteiger partial charge >= 0.3 is 26.8 Å². The number of unbranched alkanes of at least 4 members (excludes halogenated alkanes) is 16. The van der Waals surface area contributed by atoms with E-state index in [9.17, 15) is 41.2 Å². The molecule has 0 aliphatic carbocycles. The maximum absolute atomic E-state index is 13.4. The lowest BCUT2D eigenvalue weighted by atomic mass is 9.99. The molecule has 58 heavy (non-hydrogen) atoms. The lowest BCUT2D eigenvalue weighted by Crippen LogP contribution is -2.61. The molecule has 334 valence electrons. The summed E-state index contributed by atoms with van der Waals surface area (Å²) in [5.41, 5.74) is 0.234. The van der Waals surface area contributed by atoms with E-state index >= 15 is 0 Å². The van der Waals surface area contributed by atoms with Gasteiger partial charge in [0.1, 0.15) is 24.4 Å². The summed E-state index contributed by atoms with van der Waals surface area (Å²) in [6.07, 6.45) is 11.7. The monoisotopic (exact) mass is 865 g/mol. The van der Waals surface area contributed by atoms with E-state index < -0.39 is 82.8 Å². The van der Waals surface area contributed by atoms with Gasteiger partial charge in [0, 0.05) is 6.42 Å². The summed E-state index contributed by atoms with van der Waals surface area (Å²) in [6, 6.07) is 7.02. The van der Waals surface area contributed by atoms with Crippen LogP contribution in [0.15, 0.2) is 42.5 Å². The highest BCUT2D eigenvalue weighted by Crippen LogP contribution is 2.27. The molecule has 1 heterocycles. The first kappa shape index (κ1) is 51.6. The molecule has 0 radical (unpaired) electrons. The van der Waals surface area contributed by atoms with Crippen molar-refractivity contribution in [1.29, 1.82) is 0 Å². The van der Waals surface area contributed by atoms with E-state index in [0.29, 0.717) is 12.8 Å². The molecule has 1 amide bonds. The fourth-order valence-corrected chi connectivity index (χ4v) is 7.30. The highest BCUT2D eigenvalue weighted by molar-refractivity contribution is 7.81. The number of esters is 1. The summed E-state index contributed by atoms with van der Waals surface area (Å²) in [4.78, 5) is 26.7. The standard InChI is InChI=1S/C40H67NO15S2/c1-3-5-7-9-11-12-13-14-15-16-17-19-24-28-35(42)41-32(33(27-23-18-10-8-6-4-2)54-39(45)31-25-21-20-22-26-31)29-52-40-38(56-58(49,50)51)37(44)36(43)34(55-40)30-53-57(46,47)48/h20-23,25-27,32-34,36-38,40,43-44H,3-19,24,28-30H2,1-2H3,(H,41,42)(H,46,47,48)(H,49,50,51)/b27-23+/t32-,33+,34+,36-,37-,38+,40+/m0/s1. The summed E-state index contributed by atoms with van der Waals surface area (Å²) in [5.74, 6) is -1.10. The Hall–Kier alpha value is -2.52. The number of carbonyl (C=O) groups excluding carboxylic acids is 2. The average molecular weight is 866 g/mol. The molecule has 2 rings (SSSR count). The molecule has 7 atom stereocenters. The van der Waals surface area contributed by atoms with Gasteiger partial charge in [0.25, 0.3) is 0 Å². The van der Waals surface area contributed by atoms with E-state index in [1.165, 1.54) is 51.4 Å². The maximum Gasteiger partial charge on any atom is 0.397 e. The number of nitrogens with one attached hydrogen (secondary N) is 1. The Morgan fingerprint density at radius 2 is 1.33 bits per heavy atom. The van der Waals surface area contributed by atoms with Gasteiger partial charge in [-0.15, -0.1) is 0 Å². The molecule has 1 fully saturated rings. The van der Waals surface area contributed by atoms with Crippen molar-refractivity contribution in [3.05, 3.63) is 48.0 Å². The Bertz CT molecular complexity index is 1530. The van der Waals surface area contributed by atoms with Gasteiger partial charge in [-0.25, -0.2) is 13.2 Å². The van der Waals surface area contributed by atoms with Crippen LogP contribution in [0.25, 0.3) is 0 Å². The molecule has 1 aliphatic rings. The van der Waals surface area contributed by atoms with Crippen molar-refractivity contribution in [1.82, 2.24) is 5.32 Å². The zero-order valence-electron chi connectivity index (χ0n) is 34.0. The molecule has 0 aromatic heterocycles. The Kier molecular flexibility index (Phi) is 25.7. The molecule has 1 saturated heterocycles. The summed E-state index contributed by atoms with van der Waals surface area (Å²) in [7, 11) is -10.3. The normalized spacial score (nSPS) is 21.2. The predicted molar refractivity (Wildman–Crippen MR) is 216 cm³/mol. The van der Waals surface area contributed by atoms with E-state index in [4.69, 9.17) is 18.8 Å². The van der Waals surface area contributed by atoms with Crippen LogP contribution in [0.4, 0.5) is 0 Å². The van der Waals surface area contributed by atoms with Gasteiger partial charge in [-0.3, -0.25) is 13.9 Å². The van der Waals surface area contributed by atoms with E-state index in [1.54, 1.807) is 36.4 Å². The van der Waals surface area contributed by atoms with E-state index in [0.717, 1.165) is 51.4 Å². The van der Waals surface area contributed by atoms with E-state index in [2.05, 4.69) is 27.5 Å². The first-order valence-electron chi connectivity index (χ1n) is 20.8. The van der Waals surface area contributed by atoms with Crippen LogP contribution in [-0.2, 0) is 48.2 Å². The topological polar surface area (TPSA) is 242 Å². The molecule has 1 aromatic carbocycles. The van der Waals surface area contributed by atoms with Crippen LogP contribution >= 0.6 is 0 Å². The minimum atomic E-state index is -5.28. The first-order valence-corrected chi connectivity index (χ1v) is 23.5. The van der Waals surface area contributed by atoms with Crippen LogP contribution in [0.2, 0.25) is 0 Å². The Labute approximate surface area is 345 Å². The molecule has 1 aromatic rings. The van der Waals surface area contributed by atoms with Gasteiger partial charge in [-0.1, -0.05) is 134 Å². The Morgan fingerprint density at radius 3 is 1.88 bits per heavy atom. The zero-order chi connectivity index (χ0) is 42.8. The number of allylic oxidation sites excluding steroid dienone is 1. The molecule has 0 spiro atoms. The number of ether oxygens (including phenoxy) is 3. The molecule has 5 N–H and O–H groups in total. The number of rotatable bonds is 32. The van der Waals surface area contributed by atoms with Crippen LogP contribution in [0, 0.1) is 0 Å². The van der Waals surface area contributed by atoms with Gasteiger partial charge in [-0.2, -0.15) is 16.8 Å². The highest BCUT2D eigenvalue weighted by atomic mass is 32.3. The quantitative estimate of drug-likeness (QED) is 0.0235. The minimum absolute atomic E-state index is 0.142. The van der Waals surface area contributed by atoms with Gasteiger partial charge in [-0.05, 0) is 37.5 Å². The van der Waals surface area contributed by atoms with Crippen molar-refractivity contribution in [3.63, 3.8) is 0 Å². The van der Waals surface area contributed by atoms with Crippen LogP contribution in [0.1, 0.15) is 146 Å². The van der Waals surface area contributed by atoms with Crippen LogP contribution in [-0.4, -0.2) is 104 Å². The second-order valence-electron chi connectivity index (χ2n) is 14.7. The van der Waals surface area contributed by atoms with Gasteiger partial charge in [0.15, 0.2) is 12.4 Å². The third-order valence-corrected chi connectivity index (χ3v) is 10.7. The second kappa shape index (κ2) is 28.9. The predicted octanol–water partition coefficient (Wildman–Crippen LogP) is 6.18. The Morgan fingerprint density at radius 1 is 0.776 bits per heavy atom. The van der Waals surface area contributed by atoms with Crippen molar-refractivity contribution in [2.75, 3.05) is 13.2 Å². The molecular weight excluding hydrogens is 799 g/mol. The van der Waals surface area contributed by atoms with Crippen LogP contribution < -0.4 is 5.32 Å². The van der Waals surface area contributed by atoms with Gasteiger partial charge in [0.05, 0.1) is 24.8 Å². The SMILES string of the molecule is CCCCCC/C=C/[C@@H](OC(=O)c1ccccc1)[C@H](CO[C@@H]1O[C@H](COS(=O)(=O)O)[C@H](O)[C@H](O)[C@H]1OS(=O)(=O)O)NC(=O)CCCCCCCCCCCCCCC. The number of hydrogen-bond donors (Lipinski definition) is 5. The lowest BCUT2D eigenvalue weighted by molar-refractivity contribution is -0.296. The third kappa shape index (κ3) is 22.7. The molecule has 0 unspecified atom stereocenters. The number of amides is 1. The zero-order valence-corrected chi connectivity index (χ0v) is 35.7. The first-order chi connectivity index (χ1) is 27.6. The summed E-state index contributed by atoms with van der Waals surface area (Å²) in [5, 5.41) is 24.1. The number of aliphatic hydroxyl groups is 2. The van der Waals surface area contributed by atoms with Crippen molar-refractivity contribution < 1.29 is 68.3 Å². The molecule has 1 aliphatic heterocycles. The Balaban J connectivity index is 2.23. The molecule has 0 saturated carbocycles. The fraction of sp³-hybridized carbons (Fsp3) is 0.750.